The van der Waals surface area contributed by atoms with Gasteiger partial charge in [-0.1, -0.05) is 12.1 Å². The lowest BCUT2D eigenvalue weighted by Gasteiger charge is -2.24. The third kappa shape index (κ3) is 2.77. The van der Waals surface area contributed by atoms with E-state index >= 15 is 0 Å². The first-order chi connectivity index (χ1) is 8.18. The van der Waals surface area contributed by atoms with E-state index in [2.05, 4.69) is 17.4 Å². The summed E-state index contributed by atoms with van der Waals surface area (Å²) in [5.74, 6) is 0.595. The van der Waals surface area contributed by atoms with Crippen molar-refractivity contribution in [2.75, 3.05) is 25.0 Å². The monoisotopic (exact) mass is 233 g/mol. The Morgan fingerprint density at radius 1 is 1.41 bits per heavy atom. The maximum absolute atomic E-state index is 11.1. The molecule has 0 spiro atoms. The van der Waals surface area contributed by atoms with Crippen molar-refractivity contribution >= 4 is 11.7 Å². The summed E-state index contributed by atoms with van der Waals surface area (Å²) in [6, 6.07) is 7.68. The van der Waals surface area contributed by atoms with E-state index in [0.717, 1.165) is 31.6 Å². The van der Waals surface area contributed by atoms with Gasteiger partial charge in [-0.2, -0.15) is 0 Å². The van der Waals surface area contributed by atoms with Crippen LogP contribution < -0.4 is 16.0 Å². The van der Waals surface area contributed by atoms with E-state index in [0.29, 0.717) is 5.92 Å². The number of nitrogens with two attached hydrogens (primary N) is 1. The Balaban J connectivity index is 2.18. The van der Waals surface area contributed by atoms with Crippen molar-refractivity contribution in [2.24, 2.45) is 5.73 Å². The molecule has 0 aromatic heterocycles. The maximum Gasteiger partial charge on any atom is 0.318 e. The van der Waals surface area contributed by atoms with E-state index in [-0.39, 0.29) is 0 Å². The standard InChI is InChI=1S/C13H19N3O/c1-16(13(14)17)12-4-2-3-11(9-12)10-5-7-15-8-6-10/h2-4,9-10,15H,5-8H2,1H3,(H2,14,17). The van der Waals surface area contributed by atoms with Crippen molar-refractivity contribution in [2.45, 2.75) is 18.8 Å². The van der Waals surface area contributed by atoms with Gasteiger partial charge in [0.1, 0.15) is 0 Å². The van der Waals surface area contributed by atoms with Crippen LogP contribution in [-0.4, -0.2) is 26.2 Å². The fraction of sp³-hybridized carbons (Fsp3) is 0.462. The van der Waals surface area contributed by atoms with Crippen LogP contribution >= 0.6 is 0 Å². The van der Waals surface area contributed by atoms with Crippen molar-refractivity contribution in [3.8, 4) is 0 Å². The minimum absolute atomic E-state index is 0.424. The second-order valence-corrected chi connectivity index (χ2v) is 4.52. The van der Waals surface area contributed by atoms with Gasteiger partial charge in [-0.25, -0.2) is 4.79 Å². The molecule has 0 saturated carbocycles. The summed E-state index contributed by atoms with van der Waals surface area (Å²) in [6.07, 6.45) is 2.31. The molecular weight excluding hydrogens is 214 g/mol. The number of piperidine rings is 1. The van der Waals surface area contributed by atoms with E-state index < -0.39 is 6.03 Å². The molecule has 3 N–H and O–H groups in total. The number of nitrogens with one attached hydrogen (secondary N) is 1. The lowest BCUT2D eigenvalue weighted by molar-refractivity contribution is 0.255. The minimum atomic E-state index is -0.424. The summed E-state index contributed by atoms with van der Waals surface area (Å²) in [7, 11) is 1.70. The molecule has 1 fully saturated rings. The number of hydrogen-bond acceptors (Lipinski definition) is 2. The van der Waals surface area contributed by atoms with Gasteiger partial charge in [0.15, 0.2) is 0 Å². The highest BCUT2D eigenvalue weighted by Crippen LogP contribution is 2.27. The molecule has 0 radical (unpaired) electrons. The summed E-state index contributed by atoms with van der Waals surface area (Å²) in [5, 5.41) is 3.36. The predicted molar refractivity (Wildman–Crippen MR) is 69.3 cm³/mol. The molecule has 2 rings (SSSR count). The second-order valence-electron chi connectivity index (χ2n) is 4.52. The topological polar surface area (TPSA) is 58.4 Å². The smallest absolute Gasteiger partial charge is 0.318 e. The van der Waals surface area contributed by atoms with Crippen molar-refractivity contribution in [3.05, 3.63) is 29.8 Å². The van der Waals surface area contributed by atoms with Crippen LogP contribution in [0.4, 0.5) is 10.5 Å². The summed E-state index contributed by atoms with van der Waals surface area (Å²) < 4.78 is 0. The van der Waals surface area contributed by atoms with Gasteiger partial charge < -0.3 is 11.1 Å². The molecule has 0 atom stereocenters. The van der Waals surface area contributed by atoms with E-state index in [1.165, 1.54) is 10.5 Å². The van der Waals surface area contributed by atoms with Crippen LogP contribution in [0.2, 0.25) is 0 Å². The summed E-state index contributed by atoms with van der Waals surface area (Å²) >= 11 is 0. The van der Waals surface area contributed by atoms with Crippen LogP contribution in [0.5, 0.6) is 0 Å². The molecule has 1 aromatic rings. The molecule has 1 aromatic carbocycles. The summed E-state index contributed by atoms with van der Waals surface area (Å²) in [6.45, 7) is 2.14. The molecule has 0 bridgehead atoms. The van der Waals surface area contributed by atoms with E-state index in [4.69, 9.17) is 5.73 Å². The van der Waals surface area contributed by atoms with Gasteiger partial charge in [0.2, 0.25) is 0 Å². The fourth-order valence-electron chi connectivity index (χ4n) is 2.27. The molecule has 0 aliphatic carbocycles. The number of carbonyl (C=O) groups is 1. The Morgan fingerprint density at radius 2 is 2.12 bits per heavy atom. The van der Waals surface area contributed by atoms with Crippen molar-refractivity contribution in [1.29, 1.82) is 0 Å². The van der Waals surface area contributed by atoms with Gasteiger partial charge in [0.05, 0.1) is 0 Å². The molecule has 0 unspecified atom stereocenters. The van der Waals surface area contributed by atoms with Crippen LogP contribution in [0.25, 0.3) is 0 Å². The Morgan fingerprint density at radius 3 is 2.76 bits per heavy atom. The Labute approximate surface area is 102 Å². The number of benzene rings is 1. The highest BCUT2D eigenvalue weighted by molar-refractivity contribution is 5.90. The van der Waals surface area contributed by atoms with Gasteiger partial charge in [-0.05, 0) is 49.5 Å². The first kappa shape index (κ1) is 11.9. The Bertz CT molecular complexity index is 399. The van der Waals surface area contributed by atoms with Crippen molar-refractivity contribution in [1.82, 2.24) is 5.32 Å². The summed E-state index contributed by atoms with van der Waals surface area (Å²) in [4.78, 5) is 12.6. The predicted octanol–water partition coefficient (Wildman–Crippen LogP) is 1.67. The minimum Gasteiger partial charge on any atom is -0.351 e. The number of carbonyl (C=O) groups excluding carboxylic acids is 1. The van der Waals surface area contributed by atoms with Gasteiger partial charge >= 0.3 is 6.03 Å². The molecule has 1 heterocycles. The van der Waals surface area contributed by atoms with E-state index in [9.17, 15) is 4.79 Å². The number of amides is 2. The molecule has 4 nitrogen and oxygen atoms in total. The normalized spacial score (nSPS) is 16.8. The Hall–Kier alpha value is -1.55. The molecule has 92 valence electrons. The lowest BCUT2D eigenvalue weighted by Crippen LogP contribution is -2.32. The number of anilines is 1. The zero-order valence-corrected chi connectivity index (χ0v) is 10.1. The van der Waals surface area contributed by atoms with Crippen LogP contribution in [0.15, 0.2) is 24.3 Å². The average Bonchev–Trinajstić information content (AvgIpc) is 2.39. The van der Waals surface area contributed by atoms with Crippen molar-refractivity contribution in [3.63, 3.8) is 0 Å². The quantitative estimate of drug-likeness (QED) is 0.816. The molecule has 1 saturated heterocycles. The molecule has 1 aliphatic rings. The number of hydrogen-bond donors (Lipinski definition) is 2. The van der Waals surface area contributed by atoms with Gasteiger partial charge in [0.25, 0.3) is 0 Å². The highest BCUT2D eigenvalue weighted by Gasteiger charge is 2.16. The van der Waals surface area contributed by atoms with Gasteiger partial charge in [-0.15, -0.1) is 0 Å². The van der Waals surface area contributed by atoms with E-state index in [1.54, 1.807) is 7.05 Å². The first-order valence-corrected chi connectivity index (χ1v) is 6.02. The maximum atomic E-state index is 11.1. The van der Waals surface area contributed by atoms with E-state index in [1.807, 2.05) is 12.1 Å². The average molecular weight is 233 g/mol. The number of nitrogens with zero attached hydrogens (tertiary/aromatic N) is 1. The highest BCUT2D eigenvalue weighted by atomic mass is 16.2. The molecule has 17 heavy (non-hydrogen) atoms. The SMILES string of the molecule is CN(C(N)=O)c1cccc(C2CCNCC2)c1. The molecule has 4 heteroatoms. The number of primary amides is 1. The molecule has 1 aliphatic heterocycles. The van der Waals surface area contributed by atoms with Crippen molar-refractivity contribution < 1.29 is 4.79 Å². The third-order valence-electron chi connectivity index (χ3n) is 3.40. The number of rotatable bonds is 2. The zero-order valence-electron chi connectivity index (χ0n) is 10.1. The van der Waals surface area contributed by atoms with Crippen LogP contribution in [0, 0.1) is 0 Å². The zero-order chi connectivity index (χ0) is 12.3. The van der Waals surface area contributed by atoms with Crippen LogP contribution in [0.1, 0.15) is 24.3 Å². The van der Waals surface area contributed by atoms with Crippen LogP contribution in [-0.2, 0) is 0 Å². The van der Waals surface area contributed by atoms with Gasteiger partial charge in [0, 0.05) is 12.7 Å². The summed E-state index contributed by atoms with van der Waals surface area (Å²) in [5.41, 5.74) is 7.45. The second kappa shape index (κ2) is 5.19. The Kier molecular flexibility index (Phi) is 3.64. The van der Waals surface area contributed by atoms with Gasteiger partial charge in [-0.3, -0.25) is 4.90 Å². The lowest BCUT2D eigenvalue weighted by atomic mass is 9.90. The fourth-order valence-corrected chi connectivity index (χ4v) is 2.27. The largest absolute Gasteiger partial charge is 0.351 e. The third-order valence-corrected chi connectivity index (χ3v) is 3.40. The first-order valence-electron chi connectivity index (χ1n) is 6.02. The molecule has 2 amide bonds. The number of urea groups is 1. The van der Waals surface area contributed by atoms with Crippen LogP contribution in [0.3, 0.4) is 0 Å². The molecular formula is C13H19N3O.